The molecule has 0 radical (unpaired) electrons. The molecule has 0 aliphatic carbocycles. The summed E-state index contributed by atoms with van der Waals surface area (Å²) in [6.45, 7) is 14.7. The van der Waals surface area contributed by atoms with Crippen LogP contribution >= 0.6 is 54.8 Å². The molecule has 8 unspecified atom stereocenters. The number of ether oxygens (including phenoxy) is 10. The molecule has 52 heteroatoms. The van der Waals surface area contributed by atoms with Crippen molar-refractivity contribution in [1.82, 2.24) is 35.2 Å². The number of aromatic nitrogens is 5. The summed E-state index contributed by atoms with van der Waals surface area (Å²) in [6, 6.07) is 0. The molecule has 1 fully saturated rings. The Balaban J connectivity index is 0.000000715. The summed E-state index contributed by atoms with van der Waals surface area (Å²) in [5, 5.41) is 24.0. The maximum atomic E-state index is 12.2. The first-order chi connectivity index (χ1) is 48.6. The summed E-state index contributed by atoms with van der Waals surface area (Å²) >= 11 is 0. The van der Waals surface area contributed by atoms with Crippen LogP contribution in [0.3, 0.4) is 0 Å². The average Bonchev–Trinajstić information content (AvgIpc) is 1.78. The van der Waals surface area contributed by atoms with Crippen LogP contribution in [0.25, 0.3) is 0 Å². The van der Waals surface area contributed by atoms with E-state index < -0.39 is 97.7 Å². The largest absolute Gasteiger partial charge is 0.490 e. The number of aromatic amines is 1. The van der Waals surface area contributed by atoms with Crippen molar-refractivity contribution in [3.8, 4) is 0 Å². The molecule has 2 aromatic rings. The molecule has 45 nitrogen and oxygen atoms in total. The number of phosphoric acid groups is 7. The van der Waals surface area contributed by atoms with Gasteiger partial charge in [-0.3, -0.25) is 42.0 Å². The molecular weight excluding hydrogens is 1540 g/mol. The van der Waals surface area contributed by atoms with Gasteiger partial charge in [-0.1, -0.05) is 38.8 Å². The number of hydrogen-bond donors (Lipinski definition) is 11. The van der Waals surface area contributed by atoms with Gasteiger partial charge in [0.2, 0.25) is 11.8 Å². The standard InChI is InChI=1S/C36H70N5O15P.C15H30N2O23P6/c1-3-10-37-35(42)8-15-47-20-22-49-17-11-38-36(43)9-16-48-21-23-50-18-12-41-33-34(39-40-41)7-5-6-14-55-57(44,45)56-32-31-54-30-29-53-28-27-52-26-25-51-24-19-46-13-4-2;1-3-4-5-6-33-41(21,22)36-43(25,26)38-45(29,30)40-46(31,32)39-44(27,28)37-42(23,24)34-9-12-11(18)7-13(35-12)17-8-10(2)14(19)16-15(17)20/h33H,3-32H2,1-2H3,(H,37,42)(H,38,43)(H,44,45);8,11-13,18H,3-7,9H2,1-2H3,(H,21,22)(H,23,24)(H,25,26)(H,27,28)(H,29,30)(H,31,32)(H,16,19,20)/t;11?,12-,13-/m.1/s1. The van der Waals surface area contributed by atoms with Crippen molar-refractivity contribution in [3.63, 3.8) is 0 Å². The van der Waals surface area contributed by atoms with Crippen LogP contribution in [-0.2, 0) is 142 Å². The number of hydrogen-bond acceptors (Lipinski definition) is 33. The molecule has 602 valence electrons. The highest BCUT2D eigenvalue weighted by atomic mass is 31.3. The number of aliphatic hydroxyl groups is 1. The predicted octanol–water partition coefficient (Wildman–Crippen LogP) is 3.12. The van der Waals surface area contributed by atoms with Gasteiger partial charge in [0, 0.05) is 56.9 Å². The van der Waals surface area contributed by atoms with Gasteiger partial charge in [0.1, 0.15) is 12.3 Å². The SMILES string of the molecule is CCCCCOP(=O)(O)OP(=O)(O)OP(=O)(O)OP(=O)(O)OP(=O)(O)OP(=O)(O)OC[C@H]1O[C@@H](n2cc(C)c(=O)[nH]c2=O)CC1O.CCCNC(=O)CCOCCOCCNC(=O)CCOCCOCCn1cc(CCCCOP(=O)(O)OCCOCCOCCOCCOCCOCCC)nn1. The zero-order valence-electron chi connectivity index (χ0n) is 57.6. The van der Waals surface area contributed by atoms with Gasteiger partial charge in [0.15, 0.2) is 0 Å². The first kappa shape index (κ1) is 96.4. The Hall–Kier alpha value is -2.71. The van der Waals surface area contributed by atoms with Crippen molar-refractivity contribution in [2.24, 2.45) is 0 Å². The number of nitrogens with one attached hydrogen (secondary N) is 3. The molecule has 103 heavy (non-hydrogen) atoms. The number of unbranched alkanes of at least 4 members (excludes halogenated alkanes) is 3. The van der Waals surface area contributed by atoms with Gasteiger partial charge in [-0.2, -0.15) is 21.6 Å². The minimum Gasteiger partial charge on any atom is -0.390 e. The quantitative estimate of drug-likeness (QED) is 0.0335. The summed E-state index contributed by atoms with van der Waals surface area (Å²) in [4.78, 5) is 116. The summed E-state index contributed by atoms with van der Waals surface area (Å²) in [6.07, 6.45) is 4.12. The third-order valence-corrected chi connectivity index (χ3v) is 22.6. The van der Waals surface area contributed by atoms with E-state index in [4.69, 9.17) is 56.4 Å². The van der Waals surface area contributed by atoms with Gasteiger partial charge < -0.3 is 97.4 Å². The van der Waals surface area contributed by atoms with Crippen LogP contribution in [0.4, 0.5) is 0 Å². The van der Waals surface area contributed by atoms with E-state index >= 15 is 0 Å². The molecule has 0 bridgehead atoms. The Morgan fingerprint density at radius 2 is 0.932 bits per heavy atom. The maximum absolute atomic E-state index is 12.2. The van der Waals surface area contributed by atoms with E-state index in [2.05, 4.69) is 58.5 Å². The van der Waals surface area contributed by atoms with Crippen molar-refractivity contribution < 1.29 is 168 Å². The number of aryl methyl sites for hydroxylation is 2. The van der Waals surface area contributed by atoms with E-state index in [0.29, 0.717) is 157 Å². The Morgan fingerprint density at radius 1 is 0.505 bits per heavy atom. The first-order valence-electron chi connectivity index (χ1n) is 32.3. The van der Waals surface area contributed by atoms with E-state index in [1.54, 1.807) is 11.6 Å². The lowest BCUT2D eigenvalue weighted by Gasteiger charge is -2.21. The minimum absolute atomic E-state index is 0.0184. The Kier molecular flexibility index (Phi) is 49.8. The van der Waals surface area contributed by atoms with Crippen LogP contribution < -0.4 is 21.9 Å². The summed E-state index contributed by atoms with van der Waals surface area (Å²) in [7, 11) is -40.6. The molecule has 2 aromatic heterocycles. The molecule has 1 saturated heterocycles. The molecule has 1 aliphatic rings. The second-order valence-corrected chi connectivity index (χ2v) is 32.1. The van der Waals surface area contributed by atoms with E-state index in [9.17, 15) is 90.5 Å². The van der Waals surface area contributed by atoms with Crippen molar-refractivity contribution in [1.29, 1.82) is 0 Å². The average molecular weight is 1640 g/mol. The zero-order chi connectivity index (χ0) is 76.7. The highest BCUT2D eigenvalue weighted by molar-refractivity contribution is 7.72. The Morgan fingerprint density at radius 3 is 1.44 bits per heavy atom. The van der Waals surface area contributed by atoms with Gasteiger partial charge in [0.05, 0.1) is 157 Å². The third-order valence-electron chi connectivity index (χ3n) is 12.4. The number of phosphoric ester groups is 3. The van der Waals surface area contributed by atoms with Crippen LogP contribution in [-0.4, -0.2) is 246 Å². The lowest BCUT2D eigenvalue weighted by Crippen LogP contribution is -2.33. The van der Waals surface area contributed by atoms with E-state index in [-0.39, 0.29) is 63.1 Å². The fourth-order valence-corrected chi connectivity index (χ4v) is 16.2. The smallest absolute Gasteiger partial charge is 0.390 e. The third kappa shape index (κ3) is 49.9. The van der Waals surface area contributed by atoms with Crippen LogP contribution in [0.2, 0.25) is 0 Å². The van der Waals surface area contributed by atoms with Crippen molar-refractivity contribution in [2.45, 2.75) is 123 Å². The predicted molar refractivity (Wildman–Crippen MR) is 354 cm³/mol. The van der Waals surface area contributed by atoms with Gasteiger partial charge in [-0.15, -0.1) is 5.10 Å². The molecule has 11 N–H and O–H groups in total. The zero-order valence-corrected chi connectivity index (χ0v) is 63.8. The second kappa shape index (κ2) is 53.2. The van der Waals surface area contributed by atoms with Crippen LogP contribution in [0, 0.1) is 6.92 Å². The fourth-order valence-electron chi connectivity index (χ4n) is 7.66. The second-order valence-electron chi connectivity index (χ2n) is 21.2. The normalized spacial score (nSPS) is 18.8. The maximum Gasteiger partial charge on any atom is 0.490 e. The number of H-pyrrole nitrogens is 1. The number of carbonyl (C=O) groups excluding carboxylic acids is 2. The van der Waals surface area contributed by atoms with Crippen LogP contribution in [0.1, 0.15) is 102 Å². The lowest BCUT2D eigenvalue weighted by atomic mass is 10.2. The van der Waals surface area contributed by atoms with Gasteiger partial charge >= 0.3 is 60.4 Å². The van der Waals surface area contributed by atoms with Crippen molar-refractivity contribution >= 4 is 66.6 Å². The first-order valence-corrected chi connectivity index (χ1v) is 42.8. The van der Waals surface area contributed by atoms with Gasteiger partial charge in [0.25, 0.3) is 5.56 Å². The van der Waals surface area contributed by atoms with Gasteiger partial charge in [-0.25, -0.2) is 41.4 Å². The van der Waals surface area contributed by atoms with Crippen LogP contribution in [0.5, 0.6) is 0 Å². The highest BCUT2D eigenvalue weighted by Gasteiger charge is 2.50. The minimum atomic E-state index is -6.43. The molecule has 10 atom stereocenters. The van der Waals surface area contributed by atoms with E-state index in [1.165, 1.54) is 6.92 Å². The number of carbonyl (C=O) groups is 2. The molecule has 1 aliphatic heterocycles. The summed E-state index contributed by atoms with van der Waals surface area (Å²) in [5.74, 6) is -0.142. The molecule has 0 spiro atoms. The monoisotopic (exact) mass is 1640 g/mol. The number of rotatable bonds is 63. The Bertz CT molecular complexity index is 3170. The number of aliphatic hydroxyl groups excluding tert-OH is 1. The van der Waals surface area contributed by atoms with E-state index in [1.807, 2.05) is 18.1 Å². The van der Waals surface area contributed by atoms with E-state index in [0.717, 1.165) is 35.9 Å². The summed E-state index contributed by atoms with van der Waals surface area (Å²) in [5.41, 5.74) is -0.730. The highest BCUT2D eigenvalue weighted by Crippen LogP contribution is 2.75. The molecular formula is C51H100N7O38P7. The molecule has 3 rings (SSSR count). The van der Waals surface area contributed by atoms with Crippen molar-refractivity contribution in [2.75, 3.05) is 158 Å². The topological polar surface area (TPSA) is 600 Å². The number of amides is 2. The Labute approximate surface area is 593 Å². The molecule has 3 heterocycles. The molecule has 0 saturated carbocycles. The fraction of sp³-hybridized carbons (Fsp3) is 0.843. The lowest BCUT2D eigenvalue weighted by molar-refractivity contribution is -0.123. The molecule has 0 aromatic carbocycles. The van der Waals surface area contributed by atoms with Crippen molar-refractivity contribution in [3.05, 3.63) is 44.5 Å². The molecule has 2 amide bonds. The number of nitrogens with zero attached hydrogens (tertiary/aromatic N) is 4. The van der Waals surface area contributed by atoms with Gasteiger partial charge in [-0.05, 0) is 45.4 Å². The van der Waals surface area contributed by atoms with Crippen LogP contribution in [0.15, 0.2) is 22.0 Å². The summed E-state index contributed by atoms with van der Waals surface area (Å²) < 4.78 is 177.